The summed E-state index contributed by atoms with van der Waals surface area (Å²) in [7, 11) is 0. The molecule has 0 heterocycles. The molecule has 0 aliphatic heterocycles. The van der Waals surface area contributed by atoms with E-state index in [1.165, 1.54) is 70.6 Å². The van der Waals surface area contributed by atoms with Crippen LogP contribution in [0.15, 0.2) is 12.2 Å². The summed E-state index contributed by atoms with van der Waals surface area (Å²) in [6.07, 6.45) is 20.8. The van der Waals surface area contributed by atoms with Crippen LogP contribution in [-0.4, -0.2) is 12.2 Å². The maximum atomic E-state index is 6.09. The lowest BCUT2D eigenvalue weighted by atomic mass is 9.87. The topological polar surface area (TPSA) is 9.23 Å². The molecule has 0 N–H and O–H groups in total. The lowest BCUT2D eigenvalue weighted by Gasteiger charge is -2.24. The zero-order chi connectivity index (χ0) is 12.6. The van der Waals surface area contributed by atoms with Crippen molar-refractivity contribution < 1.29 is 4.74 Å². The Hall–Kier alpha value is -0.300. The van der Waals surface area contributed by atoms with Crippen LogP contribution in [0.25, 0.3) is 0 Å². The average Bonchev–Trinajstić information content (AvgIpc) is 2.41. The molecule has 1 heteroatoms. The fourth-order valence-corrected chi connectivity index (χ4v) is 3.44. The predicted molar refractivity (Wildman–Crippen MR) is 77.8 cm³/mol. The molecule has 18 heavy (non-hydrogen) atoms. The van der Waals surface area contributed by atoms with Crippen molar-refractivity contribution >= 4 is 0 Å². The lowest BCUT2D eigenvalue weighted by molar-refractivity contribution is 0.00121. The summed E-state index contributed by atoms with van der Waals surface area (Å²) in [5.41, 5.74) is 0. The zero-order valence-corrected chi connectivity index (χ0v) is 12.1. The van der Waals surface area contributed by atoms with Gasteiger partial charge >= 0.3 is 0 Å². The van der Waals surface area contributed by atoms with E-state index in [9.17, 15) is 0 Å². The summed E-state index contributed by atoms with van der Waals surface area (Å²) in [5, 5.41) is 0. The van der Waals surface area contributed by atoms with Crippen LogP contribution < -0.4 is 0 Å². The first kappa shape index (κ1) is 14.1. The highest BCUT2D eigenvalue weighted by Gasteiger charge is 2.15. The van der Waals surface area contributed by atoms with Crippen molar-refractivity contribution in [3.63, 3.8) is 0 Å². The molecule has 1 nitrogen and oxygen atoms in total. The molecule has 104 valence electrons. The SMILES string of the molecule is CC(/C=C/CC1CCCCC1)OC1CCCCC1. The quantitative estimate of drug-likeness (QED) is 0.605. The van der Waals surface area contributed by atoms with E-state index in [4.69, 9.17) is 4.74 Å². The van der Waals surface area contributed by atoms with Crippen LogP contribution in [0.3, 0.4) is 0 Å². The molecule has 2 aliphatic carbocycles. The van der Waals surface area contributed by atoms with Gasteiger partial charge in [0.2, 0.25) is 0 Å². The molecule has 0 radical (unpaired) electrons. The molecule has 0 aromatic heterocycles. The van der Waals surface area contributed by atoms with Crippen LogP contribution in [-0.2, 0) is 4.74 Å². The van der Waals surface area contributed by atoms with Gasteiger partial charge in [-0.3, -0.25) is 0 Å². The van der Waals surface area contributed by atoms with E-state index < -0.39 is 0 Å². The van der Waals surface area contributed by atoms with Crippen molar-refractivity contribution in [3.05, 3.63) is 12.2 Å². The first-order valence-electron chi connectivity index (χ1n) is 8.16. The van der Waals surface area contributed by atoms with Crippen molar-refractivity contribution in [3.8, 4) is 0 Å². The van der Waals surface area contributed by atoms with Gasteiger partial charge in [0, 0.05) is 0 Å². The van der Waals surface area contributed by atoms with Gasteiger partial charge in [-0.15, -0.1) is 0 Å². The molecule has 2 fully saturated rings. The summed E-state index contributed by atoms with van der Waals surface area (Å²) in [6.45, 7) is 2.20. The van der Waals surface area contributed by atoms with Gasteiger partial charge in [0.05, 0.1) is 12.2 Å². The molecule has 1 unspecified atom stereocenters. The average molecular weight is 250 g/mol. The molecule has 0 spiro atoms. The van der Waals surface area contributed by atoms with Crippen molar-refractivity contribution in [2.75, 3.05) is 0 Å². The van der Waals surface area contributed by atoms with Crippen molar-refractivity contribution in [2.24, 2.45) is 5.92 Å². The molecule has 0 aromatic rings. The molecule has 1 atom stereocenters. The molecule has 2 saturated carbocycles. The van der Waals surface area contributed by atoms with E-state index in [1.54, 1.807) is 0 Å². The van der Waals surface area contributed by atoms with Crippen LogP contribution in [0, 0.1) is 5.92 Å². The Balaban J connectivity index is 1.61. The van der Waals surface area contributed by atoms with E-state index >= 15 is 0 Å². The summed E-state index contributed by atoms with van der Waals surface area (Å²) < 4.78 is 6.09. The number of rotatable bonds is 5. The van der Waals surface area contributed by atoms with E-state index in [1.807, 2.05) is 0 Å². The Kier molecular flexibility index (Phi) is 6.26. The third-order valence-electron chi connectivity index (χ3n) is 4.56. The summed E-state index contributed by atoms with van der Waals surface area (Å²) in [5.74, 6) is 0.955. The van der Waals surface area contributed by atoms with Crippen molar-refractivity contribution in [1.29, 1.82) is 0 Å². The Labute approximate surface area is 113 Å². The number of hydrogen-bond donors (Lipinski definition) is 0. The minimum atomic E-state index is 0.316. The highest BCUT2D eigenvalue weighted by Crippen LogP contribution is 2.27. The maximum Gasteiger partial charge on any atom is 0.0731 e. The molecular formula is C17H30O. The second-order valence-corrected chi connectivity index (χ2v) is 6.27. The van der Waals surface area contributed by atoms with Crippen molar-refractivity contribution in [1.82, 2.24) is 0 Å². The second kappa shape index (κ2) is 7.99. The molecule has 2 rings (SSSR count). The van der Waals surface area contributed by atoms with E-state index in [0.717, 1.165) is 5.92 Å². The predicted octanol–water partition coefficient (Wildman–Crippen LogP) is 5.25. The number of hydrogen-bond acceptors (Lipinski definition) is 1. The third-order valence-corrected chi connectivity index (χ3v) is 4.56. The summed E-state index contributed by atoms with van der Waals surface area (Å²) in [6, 6.07) is 0. The third kappa shape index (κ3) is 5.14. The second-order valence-electron chi connectivity index (χ2n) is 6.27. The fourth-order valence-electron chi connectivity index (χ4n) is 3.44. The standard InChI is InChI=1S/C17H30O/c1-15(18-17-13-6-3-7-14-17)9-8-12-16-10-4-2-5-11-16/h8-9,15-17H,2-7,10-14H2,1H3/b9-8+. The first-order valence-corrected chi connectivity index (χ1v) is 8.16. The Morgan fingerprint density at radius 3 is 2.22 bits per heavy atom. The number of allylic oxidation sites excluding steroid dienone is 1. The zero-order valence-electron chi connectivity index (χ0n) is 12.1. The molecular weight excluding hydrogens is 220 g/mol. The van der Waals surface area contributed by atoms with Gasteiger partial charge in [0.15, 0.2) is 0 Å². The van der Waals surface area contributed by atoms with Crippen LogP contribution in [0.5, 0.6) is 0 Å². The Morgan fingerprint density at radius 1 is 0.944 bits per heavy atom. The molecule has 0 amide bonds. The Bertz CT molecular complexity index is 234. The monoisotopic (exact) mass is 250 g/mol. The Morgan fingerprint density at radius 2 is 1.56 bits per heavy atom. The van der Waals surface area contributed by atoms with E-state index in [0.29, 0.717) is 12.2 Å². The van der Waals surface area contributed by atoms with Gasteiger partial charge in [-0.25, -0.2) is 0 Å². The molecule has 2 aliphatic rings. The first-order chi connectivity index (χ1) is 8.84. The van der Waals surface area contributed by atoms with Crippen LogP contribution in [0.4, 0.5) is 0 Å². The van der Waals surface area contributed by atoms with Gasteiger partial charge in [-0.1, -0.05) is 63.5 Å². The van der Waals surface area contributed by atoms with Gasteiger partial charge in [0.1, 0.15) is 0 Å². The van der Waals surface area contributed by atoms with Gasteiger partial charge in [0.25, 0.3) is 0 Å². The van der Waals surface area contributed by atoms with Crippen LogP contribution in [0.1, 0.15) is 77.6 Å². The van der Waals surface area contributed by atoms with Gasteiger partial charge in [-0.2, -0.15) is 0 Å². The lowest BCUT2D eigenvalue weighted by Crippen LogP contribution is -2.21. The largest absolute Gasteiger partial charge is 0.371 e. The van der Waals surface area contributed by atoms with Crippen LogP contribution >= 0.6 is 0 Å². The normalized spacial score (nSPS) is 25.6. The minimum absolute atomic E-state index is 0.316. The number of ether oxygens (including phenoxy) is 1. The summed E-state index contributed by atoms with van der Waals surface area (Å²) in [4.78, 5) is 0. The van der Waals surface area contributed by atoms with Crippen molar-refractivity contribution in [2.45, 2.75) is 89.8 Å². The molecule has 0 bridgehead atoms. The highest BCUT2D eigenvalue weighted by molar-refractivity contribution is 4.90. The van der Waals surface area contributed by atoms with Crippen LogP contribution in [0.2, 0.25) is 0 Å². The van der Waals surface area contributed by atoms with Gasteiger partial charge < -0.3 is 4.74 Å². The molecule has 0 saturated heterocycles. The fraction of sp³-hybridized carbons (Fsp3) is 0.882. The van der Waals surface area contributed by atoms with Gasteiger partial charge in [-0.05, 0) is 32.1 Å². The summed E-state index contributed by atoms with van der Waals surface area (Å²) >= 11 is 0. The highest BCUT2D eigenvalue weighted by atomic mass is 16.5. The van der Waals surface area contributed by atoms with E-state index in [-0.39, 0.29) is 0 Å². The smallest absolute Gasteiger partial charge is 0.0731 e. The van der Waals surface area contributed by atoms with E-state index in [2.05, 4.69) is 19.1 Å². The maximum absolute atomic E-state index is 6.09. The molecule has 0 aromatic carbocycles. The minimum Gasteiger partial charge on any atom is -0.371 e.